The zero-order chi connectivity index (χ0) is 20.0. The van der Waals surface area contributed by atoms with Gasteiger partial charge in [-0.05, 0) is 31.4 Å². The van der Waals surface area contributed by atoms with E-state index >= 15 is 0 Å². The quantitative estimate of drug-likeness (QED) is 0.556. The van der Waals surface area contributed by atoms with E-state index in [1.165, 1.54) is 0 Å². The summed E-state index contributed by atoms with van der Waals surface area (Å²) in [5.41, 5.74) is -6.03. The first kappa shape index (κ1) is 4.84. The van der Waals surface area contributed by atoms with Crippen molar-refractivity contribution in [2.24, 2.45) is 11.3 Å². The van der Waals surface area contributed by atoms with Crippen molar-refractivity contribution in [2.45, 2.75) is 44.8 Å². The molecule has 1 aliphatic carbocycles. The fraction of sp³-hybridized carbons (Fsp3) is 1.00. The van der Waals surface area contributed by atoms with Crippen molar-refractivity contribution in [3.63, 3.8) is 0 Å². The second-order valence-electron chi connectivity index (χ2n) is 2.87. The summed E-state index contributed by atoms with van der Waals surface area (Å²) >= 11 is 0. The van der Waals surface area contributed by atoms with Crippen LogP contribution >= 0.6 is 0 Å². The third kappa shape index (κ3) is 2.08. The lowest BCUT2D eigenvalue weighted by Crippen LogP contribution is -2.51. The van der Waals surface area contributed by atoms with E-state index in [2.05, 4.69) is 0 Å². The molecule has 0 bridgehead atoms. The molecule has 0 amide bonds. The molecule has 1 rings (SSSR count). The molecule has 6 heteroatoms. The molecular formula is C9H12F6. The van der Waals surface area contributed by atoms with Crippen LogP contribution in [0, 0.1) is 11.3 Å². The molecule has 0 aromatic rings. The highest BCUT2D eigenvalue weighted by Gasteiger charge is 2.70. The molecular weight excluding hydrogens is 222 g/mol. The van der Waals surface area contributed by atoms with Crippen LogP contribution in [0.15, 0.2) is 0 Å². The normalized spacial score (nSPS) is 48.6. The molecule has 90 valence electrons. The van der Waals surface area contributed by atoms with Gasteiger partial charge in [0.05, 0.1) is 0 Å². The van der Waals surface area contributed by atoms with Crippen molar-refractivity contribution in [3.8, 4) is 0 Å². The molecule has 0 radical (unpaired) electrons. The van der Waals surface area contributed by atoms with Gasteiger partial charge < -0.3 is 0 Å². The highest BCUT2D eigenvalue weighted by Crippen LogP contribution is 2.58. The Morgan fingerprint density at radius 2 is 1.40 bits per heavy atom. The monoisotopic (exact) mass is 243 g/mol. The summed E-state index contributed by atoms with van der Waals surface area (Å²) in [6.07, 6.45) is -32.3. The summed E-state index contributed by atoms with van der Waals surface area (Å²) in [7, 11) is 0. The van der Waals surface area contributed by atoms with Crippen molar-refractivity contribution in [2.75, 3.05) is 0 Å². The van der Waals surface area contributed by atoms with Crippen LogP contribution in [0.4, 0.5) is 26.3 Å². The molecule has 0 unspecified atom stereocenters. The molecule has 0 atom stereocenters. The van der Waals surface area contributed by atoms with Crippen LogP contribution in [0.3, 0.4) is 0 Å². The Hall–Kier alpha value is -0.420. The maximum atomic E-state index is 13.4. The lowest BCUT2D eigenvalue weighted by molar-refractivity contribution is -0.351. The van der Waals surface area contributed by atoms with E-state index in [0.717, 1.165) is 0 Å². The summed E-state index contributed by atoms with van der Waals surface area (Å²) < 4.78 is 147. The SMILES string of the molecule is [2H]C1([2H])C([2H])([2H])C(C(F)(F)F)(C(F)(F)F)C([2H])([2H])C([2H])([2H])C1([2H])C. The maximum absolute atomic E-state index is 13.4. The molecule has 0 aromatic carbocycles. The summed E-state index contributed by atoms with van der Waals surface area (Å²) in [6, 6.07) is 0. The van der Waals surface area contributed by atoms with E-state index in [9.17, 15) is 26.3 Å². The van der Waals surface area contributed by atoms with Gasteiger partial charge in [0, 0.05) is 12.3 Å². The second kappa shape index (κ2) is 3.56. The van der Waals surface area contributed by atoms with Gasteiger partial charge in [0.1, 0.15) is 0 Å². The fourth-order valence-electron chi connectivity index (χ4n) is 0.882. The van der Waals surface area contributed by atoms with Gasteiger partial charge in [-0.25, -0.2) is 0 Å². The standard InChI is InChI=1S/C9H12F6/c1-6-2-4-7(5-3-6,8(10,11)12)9(13,14)15/h6H,2-5H2,1H3/i2D2,3D2,4D2,5D2,6D. The Kier molecular flexibility index (Phi) is 1.15. The van der Waals surface area contributed by atoms with E-state index in [1.807, 2.05) is 0 Å². The molecule has 1 saturated carbocycles. The number of halogens is 6. The summed E-state index contributed by atoms with van der Waals surface area (Å²) in [4.78, 5) is 0. The Bertz CT molecular complexity index is 487. The Labute approximate surface area is 96.3 Å². The van der Waals surface area contributed by atoms with Crippen molar-refractivity contribution in [3.05, 3.63) is 0 Å². The minimum atomic E-state index is -6.74. The van der Waals surface area contributed by atoms with Gasteiger partial charge in [-0.2, -0.15) is 26.3 Å². The van der Waals surface area contributed by atoms with E-state index < -0.39 is 49.2 Å². The maximum Gasteiger partial charge on any atom is 0.403 e. The van der Waals surface area contributed by atoms with Crippen molar-refractivity contribution < 1.29 is 38.7 Å². The molecule has 15 heavy (non-hydrogen) atoms. The summed E-state index contributed by atoms with van der Waals surface area (Å²) in [6.45, 7) is 0.222. The van der Waals surface area contributed by atoms with Gasteiger partial charge in [-0.15, -0.1) is 0 Å². The van der Waals surface area contributed by atoms with Gasteiger partial charge in [-0.1, -0.05) is 6.92 Å². The van der Waals surface area contributed by atoms with E-state index in [1.54, 1.807) is 0 Å². The average molecular weight is 243 g/mol. The summed E-state index contributed by atoms with van der Waals surface area (Å²) in [5, 5.41) is 0. The Morgan fingerprint density at radius 1 is 1.07 bits per heavy atom. The van der Waals surface area contributed by atoms with Gasteiger partial charge in [0.25, 0.3) is 0 Å². The molecule has 0 aromatic heterocycles. The minimum Gasteiger partial charge on any atom is -0.170 e. The molecule has 1 aliphatic rings. The predicted octanol–water partition coefficient (Wildman–Crippen LogP) is 4.31. The second-order valence-corrected chi connectivity index (χ2v) is 2.87. The number of rotatable bonds is 0. The molecule has 0 N–H and O–H groups in total. The minimum absolute atomic E-state index is 0.222. The first-order valence-corrected chi connectivity index (χ1v) is 3.63. The fourth-order valence-corrected chi connectivity index (χ4v) is 0.882. The van der Waals surface area contributed by atoms with Crippen molar-refractivity contribution >= 4 is 0 Å². The van der Waals surface area contributed by atoms with Crippen LogP contribution in [-0.2, 0) is 0 Å². The average Bonchev–Trinajstić information content (AvgIpc) is 2.21. The van der Waals surface area contributed by atoms with Gasteiger partial charge in [-0.3, -0.25) is 0 Å². The lowest BCUT2D eigenvalue weighted by atomic mass is 9.70. The van der Waals surface area contributed by atoms with E-state index in [0.29, 0.717) is 0 Å². The highest BCUT2D eigenvalue weighted by atomic mass is 19.4. The van der Waals surface area contributed by atoms with Gasteiger partial charge in [0.2, 0.25) is 0 Å². The molecule has 0 spiro atoms. The van der Waals surface area contributed by atoms with Crippen LogP contribution in [0.5, 0.6) is 0 Å². The van der Waals surface area contributed by atoms with Crippen molar-refractivity contribution in [1.82, 2.24) is 0 Å². The van der Waals surface area contributed by atoms with Crippen LogP contribution in [-0.4, -0.2) is 12.4 Å². The summed E-state index contributed by atoms with van der Waals surface area (Å²) in [5.74, 6) is -3.60. The predicted molar refractivity (Wildman–Crippen MR) is 42.2 cm³/mol. The van der Waals surface area contributed by atoms with E-state index in [4.69, 9.17) is 12.3 Å². The first-order chi connectivity index (χ1) is 10.0. The highest BCUT2D eigenvalue weighted by molar-refractivity contribution is 4.96. The van der Waals surface area contributed by atoms with Gasteiger partial charge in [0.15, 0.2) is 5.41 Å². The molecule has 1 fully saturated rings. The molecule has 0 saturated heterocycles. The molecule has 0 heterocycles. The molecule has 0 nitrogen and oxygen atoms in total. The molecule has 0 aliphatic heterocycles. The Balaban J connectivity index is 4.23. The third-order valence-electron chi connectivity index (χ3n) is 1.73. The zero-order valence-electron chi connectivity index (χ0n) is 16.3. The van der Waals surface area contributed by atoms with Crippen molar-refractivity contribution in [1.29, 1.82) is 0 Å². The Morgan fingerprint density at radius 3 is 1.67 bits per heavy atom. The van der Waals surface area contributed by atoms with Crippen LogP contribution in [0.2, 0.25) is 0 Å². The number of alkyl halides is 6. The topological polar surface area (TPSA) is 0 Å². The largest absolute Gasteiger partial charge is 0.403 e. The van der Waals surface area contributed by atoms with Gasteiger partial charge >= 0.3 is 12.4 Å². The third-order valence-corrected chi connectivity index (χ3v) is 1.73. The smallest absolute Gasteiger partial charge is 0.170 e. The zero-order valence-corrected chi connectivity index (χ0v) is 7.27. The number of hydrogen-bond acceptors (Lipinski definition) is 0. The van der Waals surface area contributed by atoms with Crippen LogP contribution < -0.4 is 0 Å². The first-order valence-electron chi connectivity index (χ1n) is 8.13. The lowest BCUT2D eigenvalue weighted by Gasteiger charge is -2.41. The number of hydrogen-bond donors (Lipinski definition) is 0. The van der Waals surface area contributed by atoms with Crippen LogP contribution in [0.1, 0.15) is 44.8 Å². The van der Waals surface area contributed by atoms with E-state index in [-0.39, 0.29) is 6.92 Å². The van der Waals surface area contributed by atoms with Crippen LogP contribution in [0.25, 0.3) is 0 Å².